The molecule has 86 heavy (non-hydrogen) atoms. The number of nitrogens with two attached hydrogens (primary N) is 2. The molecule has 1 fully saturated rings. The molecule has 1 atom stereocenters. The summed E-state index contributed by atoms with van der Waals surface area (Å²) < 4.78 is 60.4. The van der Waals surface area contributed by atoms with Crippen molar-refractivity contribution in [3.05, 3.63) is 236 Å². The van der Waals surface area contributed by atoms with Gasteiger partial charge in [0.1, 0.15) is 22.1 Å². The van der Waals surface area contributed by atoms with Crippen molar-refractivity contribution in [2.24, 2.45) is 11.5 Å². The van der Waals surface area contributed by atoms with E-state index < -0.39 is 11.6 Å². The van der Waals surface area contributed by atoms with Gasteiger partial charge in [-0.15, -0.1) is 0 Å². The van der Waals surface area contributed by atoms with Gasteiger partial charge in [-0.25, -0.2) is 57.4 Å². The number of fused-ring (bicyclic) bond motifs is 4. The van der Waals surface area contributed by atoms with E-state index in [0.29, 0.717) is 104 Å². The zero-order valence-corrected chi connectivity index (χ0v) is 51.8. The topological polar surface area (TPSA) is 164 Å². The van der Waals surface area contributed by atoms with Crippen LogP contribution >= 0.6 is 78.3 Å². The maximum atomic E-state index is 13.9. The molecule has 12 aromatic rings. The van der Waals surface area contributed by atoms with Crippen LogP contribution in [0.2, 0.25) is 20.1 Å². The van der Waals surface area contributed by atoms with Crippen LogP contribution in [0.25, 0.3) is 89.2 Å². The zero-order valence-electron chi connectivity index (χ0n) is 45.6. The Kier molecular flexibility index (Phi) is 22.1. The largest absolute Gasteiger partial charge is 0.379 e. The van der Waals surface area contributed by atoms with Crippen molar-refractivity contribution in [1.29, 1.82) is 0 Å². The first kappa shape index (κ1) is 63.3. The van der Waals surface area contributed by atoms with Crippen molar-refractivity contribution in [3.63, 3.8) is 0 Å². The molecule has 0 radical (unpaired) electrons. The van der Waals surface area contributed by atoms with Crippen LogP contribution in [0, 0.1) is 23.3 Å². The van der Waals surface area contributed by atoms with Gasteiger partial charge in [-0.1, -0.05) is 175 Å². The summed E-state index contributed by atoms with van der Waals surface area (Å²) in [5.74, 6) is -1.57. The van der Waals surface area contributed by atoms with E-state index in [1.54, 1.807) is 72.8 Å². The van der Waals surface area contributed by atoms with Crippen LogP contribution in [0.15, 0.2) is 170 Å². The summed E-state index contributed by atoms with van der Waals surface area (Å²) >= 11 is 31.5. The number of alkyl halides is 2. The summed E-state index contributed by atoms with van der Waals surface area (Å²) in [6.07, 6.45) is 3.08. The van der Waals surface area contributed by atoms with Gasteiger partial charge in [0.2, 0.25) is 0 Å². The number of ether oxygens (including phenoxy) is 1. The molecular weight excluding hydrogens is 1310 g/mol. The number of hydrogen-bond donors (Lipinski definition) is 2. The summed E-state index contributed by atoms with van der Waals surface area (Å²) in [6, 6.07) is 48.1. The first-order valence-electron chi connectivity index (χ1n) is 26.7. The second-order valence-corrected chi connectivity index (χ2v) is 21.7. The fourth-order valence-electron chi connectivity index (χ4n) is 9.00. The average Bonchev–Trinajstić information content (AvgIpc) is 1.51. The SMILES string of the molecule is CC1CCCO1.Fc1cccc2nc(-c3ccccc3Cl)c(CBr)nc12.Fc1cccc2nc(CBr)c(-c3ccccc3Cl)nc12.NCc1nc2c(F)cccc2nc1-c1ccccc1Cl.NCc1nc2cccc(F)c2nc1-c1ccccc1Cl. The molecule has 5 heterocycles. The molecule has 4 aromatic heterocycles. The number of halogens is 10. The fourth-order valence-corrected chi connectivity index (χ4v) is 10.7. The van der Waals surface area contributed by atoms with Gasteiger partial charge in [0.05, 0.1) is 93.8 Å². The smallest absolute Gasteiger partial charge is 0.151 e. The van der Waals surface area contributed by atoms with Gasteiger partial charge in [-0.05, 0) is 92.6 Å². The van der Waals surface area contributed by atoms with E-state index in [1.807, 2.05) is 72.8 Å². The van der Waals surface area contributed by atoms with Crippen LogP contribution in [0.1, 0.15) is 42.5 Å². The molecule has 11 nitrogen and oxygen atoms in total. The van der Waals surface area contributed by atoms with Gasteiger partial charge in [0.25, 0.3) is 0 Å². The van der Waals surface area contributed by atoms with Gasteiger partial charge in [-0.2, -0.15) is 0 Å². The minimum absolute atomic E-state index is 0.165. The number of nitrogens with zero attached hydrogens (tertiary/aromatic N) is 8. The molecule has 0 bridgehead atoms. The Labute approximate surface area is 529 Å². The minimum Gasteiger partial charge on any atom is -0.379 e. The normalized spacial score (nSPS) is 12.6. The molecule has 0 spiro atoms. The van der Waals surface area contributed by atoms with E-state index in [9.17, 15) is 17.6 Å². The highest BCUT2D eigenvalue weighted by Crippen LogP contribution is 2.35. The first-order valence-corrected chi connectivity index (χ1v) is 30.4. The maximum absolute atomic E-state index is 13.9. The van der Waals surface area contributed by atoms with E-state index in [2.05, 4.69) is 78.7 Å². The Hall–Kier alpha value is -7.16. The Morgan fingerprint density at radius 3 is 1.01 bits per heavy atom. The van der Waals surface area contributed by atoms with Gasteiger partial charge in [0.15, 0.2) is 23.3 Å². The molecular formula is C65H50Br2Cl4F4N10O. The molecule has 436 valence electrons. The predicted octanol–water partition coefficient (Wildman–Crippen LogP) is 18.2. The van der Waals surface area contributed by atoms with Crippen molar-refractivity contribution in [2.75, 3.05) is 6.61 Å². The molecule has 13 rings (SSSR count). The summed E-state index contributed by atoms with van der Waals surface area (Å²) in [4.78, 5) is 35.3. The Bertz CT molecular complexity index is 4110. The maximum Gasteiger partial charge on any atom is 0.151 e. The zero-order chi connectivity index (χ0) is 60.9. The Morgan fingerprint density at radius 1 is 0.395 bits per heavy atom. The summed E-state index contributed by atoms with van der Waals surface area (Å²) in [5.41, 5.74) is 22.3. The van der Waals surface area contributed by atoms with Crippen LogP contribution in [0.3, 0.4) is 0 Å². The lowest BCUT2D eigenvalue weighted by atomic mass is 10.1. The average molecular weight is 1360 g/mol. The fraction of sp³-hybridized carbons (Fsp3) is 0.138. The van der Waals surface area contributed by atoms with Gasteiger partial charge in [0, 0.05) is 52.6 Å². The summed E-state index contributed by atoms with van der Waals surface area (Å²) in [5, 5.41) is 3.26. The highest BCUT2D eigenvalue weighted by molar-refractivity contribution is 9.08. The molecule has 8 aromatic carbocycles. The molecule has 1 saturated heterocycles. The number of hydrogen-bond acceptors (Lipinski definition) is 11. The number of para-hydroxylation sites is 4. The second kappa shape index (κ2) is 30.0. The van der Waals surface area contributed by atoms with E-state index in [0.717, 1.165) is 29.0 Å². The number of aromatic nitrogens is 8. The first-order chi connectivity index (χ1) is 41.7. The molecule has 1 aliphatic heterocycles. The van der Waals surface area contributed by atoms with E-state index in [1.165, 1.54) is 37.1 Å². The van der Waals surface area contributed by atoms with Gasteiger partial charge >= 0.3 is 0 Å². The molecule has 0 aliphatic carbocycles. The minimum atomic E-state index is -0.410. The highest BCUT2D eigenvalue weighted by Gasteiger charge is 2.19. The third kappa shape index (κ3) is 15.0. The highest BCUT2D eigenvalue weighted by atomic mass is 79.9. The van der Waals surface area contributed by atoms with Gasteiger partial charge in [-0.3, -0.25) is 0 Å². The third-order valence-corrected chi connectivity index (χ3v) is 15.6. The Morgan fingerprint density at radius 2 is 0.686 bits per heavy atom. The molecule has 0 saturated carbocycles. The second-order valence-electron chi connectivity index (χ2n) is 18.9. The molecule has 21 heteroatoms. The van der Waals surface area contributed by atoms with Crippen molar-refractivity contribution in [3.8, 4) is 45.0 Å². The van der Waals surface area contributed by atoms with Crippen LogP contribution in [0.4, 0.5) is 17.6 Å². The third-order valence-electron chi connectivity index (χ3n) is 13.2. The van der Waals surface area contributed by atoms with Crippen molar-refractivity contribution >= 4 is 122 Å². The lowest BCUT2D eigenvalue weighted by molar-refractivity contribution is 0.125. The standard InChI is InChI=1S/2C15H9BrClFN2.2C15H11ClFN3.C5H10O/c16-8-13-14(9-4-1-2-5-10(9)17)19-12-7-3-6-11(18)15(12)20-13;16-8-13-14(9-4-1-2-5-10(9)17)20-15-11(18)6-3-7-12(15)19-13;16-10-5-2-1-4-9(10)14-13(8-18)20-15-11(17)6-3-7-12(15)19-14;16-10-5-2-1-4-9(10)14-13(8-18)19-12-7-3-6-11(17)15(12)20-14;1-5-3-2-4-6-5/h2*1-7H,8H2;2*1-7H,8,18H2;5H,2-4H2,1H3. The van der Waals surface area contributed by atoms with Crippen LogP contribution in [0.5, 0.6) is 0 Å². The lowest BCUT2D eigenvalue weighted by Gasteiger charge is -2.10. The molecule has 0 amide bonds. The van der Waals surface area contributed by atoms with E-state index in [-0.39, 0.29) is 46.8 Å². The Balaban J connectivity index is 0.000000132. The van der Waals surface area contributed by atoms with Crippen molar-refractivity contribution in [2.45, 2.75) is 49.6 Å². The lowest BCUT2D eigenvalue weighted by Crippen LogP contribution is -2.05. The van der Waals surface area contributed by atoms with Crippen molar-refractivity contribution < 1.29 is 22.3 Å². The molecule has 1 aliphatic rings. The summed E-state index contributed by atoms with van der Waals surface area (Å²) in [7, 11) is 0. The molecule has 1 unspecified atom stereocenters. The van der Waals surface area contributed by atoms with E-state index in [4.69, 9.17) is 62.6 Å². The van der Waals surface area contributed by atoms with Crippen LogP contribution in [-0.4, -0.2) is 52.6 Å². The number of benzene rings is 8. The van der Waals surface area contributed by atoms with Crippen molar-refractivity contribution in [1.82, 2.24) is 39.9 Å². The summed E-state index contributed by atoms with van der Waals surface area (Å²) in [6.45, 7) is 3.48. The quantitative estimate of drug-likeness (QED) is 0.110. The predicted molar refractivity (Wildman–Crippen MR) is 345 cm³/mol. The molecule has 4 N–H and O–H groups in total. The van der Waals surface area contributed by atoms with E-state index >= 15 is 0 Å². The van der Waals surface area contributed by atoms with Gasteiger partial charge < -0.3 is 16.2 Å². The number of rotatable bonds is 8. The van der Waals surface area contributed by atoms with Crippen LogP contribution < -0.4 is 11.5 Å². The monoisotopic (exact) mass is 1360 g/mol. The van der Waals surface area contributed by atoms with Crippen LogP contribution in [-0.2, 0) is 28.5 Å².